The number of imidazole rings is 2. The van der Waals surface area contributed by atoms with Gasteiger partial charge in [-0.3, -0.25) is 32.9 Å². The summed E-state index contributed by atoms with van der Waals surface area (Å²) in [7, 11) is -8.48. The van der Waals surface area contributed by atoms with Crippen molar-refractivity contribution in [3.8, 4) is 0 Å². The van der Waals surface area contributed by atoms with Gasteiger partial charge in [0.2, 0.25) is 0 Å². The lowest BCUT2D eigenvalue weighted by molar-refractivity contribution is -0.0609. The number of nitrogens with zero attached hydrogens (tertiary/aromatic N) is 5. The molecule has 22 nitrogen and oxygen atoms in total. The molecule has 2 aliphatic rings. The van der Waals surface area contributed by atoms with E-state index in [1.54, 1.807) is 0 Å². The summed E-state index contributed by atoms with van der Waals surface area (Å²) in [5.74, 6) is 0. The Kier molecular flexibility index (Phi) is 8.41. The number of aliphatic hydroxyl groups is 3. The molecule has 0 spiro atoms. The van der Waals surface area contributed by atoms with Crippen molar-refractivity contribution in [2.45, 2.75) is 49.1 Å². The summed E-state index contributed by atoms with van der Waals surface area (Å²) in [4.78, 5) is 60.5. The van der Waals surface area contributed by atoms with E-state index in [0.717, 1.165) is 10.9 Å². The van der Waals surface area contributed by atoms with E-state index in [0.29, 0.717) is 0 Å². The predicted octanol–water partition coefficient (Wildman–Crippen LogP) is -2.51. The van der Waals surface area contributed by atoms with E-state index in [9.17, 15) is 43.8 Å². The molecule has 2 unspecified atom stereocenters. The first-order valence-corrected chi connectivity index (χ1v) is 15.5. The predicted molar refractivity (Wildman–Crippen MR) is 145 cm³/mol. The molecule has 2 fully saturated rings. The molecule has 24 heteroatoms. The fourth-order valence-corrected chi connectivity index (χ4v) is 6.56. The number of aromatic nitrogens is 7. The van der Waals surface area contributed by atoms with Crippen LogP contribution in [0.1, 0.15) is 12.5 Å². The summed E-state index contributed by atoms with van der Waals surface area (Å²) in [5.41, 5.74) is 4.50. The Morgan fingerprint density at radius 1 is 1.02 bits per heavy atom. The van der Waals surface area contributed by atoms with Crippen LogP contribution in [0.3, 0.4) is 0 Å². The van der Waals surface area contributed by atoms with Crippen LogP contribution in [-0.4, -0.2) is 109 Å². The van der Waals surface area contributed by atoms with Crippen molar-refractivity contribution in [1.82, 2.24) is 34.1 Å². The van der Waals surface area contributed by atoms with Gasteiger partial charge in [0.05, 0.1) is 31.6 Å². The highest BCUT2D eigenvalue weighted by Crippen LogP contribution is 2.50. The molecular formula is C21H25N8O14P2+. The number of aliphatic hydroxyl groups excluding tert-OH is 3. The normalized spacial score (nSPS) is 30.3. The van der Waals surface area contributed by atoms with Crippen molar-refractivity contribution < 1.29 is 57.3 Å². The van der Waals surface area contributed by atoms with Crippen LogP contribution in [0.4, 0.5) is 5.69 Å². The molecule has 10 atom stereocenters. The Labute approximate surface area is 249 Å². The van der Waals surface area contributed by atoms with Crippen molar-refractivity contribution in [2.24, 2.45) is 0 Å². The Bertz CT molecular complexity index is 1910. The van der Waals surface area contributed by atoms with E-state index in [1.807, 2.05) is 4.98 Å². The third kappa shape index (κ3) is 5.83. The zero-order valence-corrected chi connectivity index (χ0v) is 24.2. The first-order valence-electron chi connectivity index (χ1n) is 12.9. The molecule has 0 saturated carbocycles. The first-order chi connectivity index (χ1) is 21.4. The number of hydrogen-bond donors (Lipinski definition) is 8. The van der Waals surface area contributed by atoms with E-state index in [4.69, 9.17) is 28.8 Å². The number of nitrogens with two attached hydrogens (primary N) is 1. The van der Waals surface area contributed by atoms with Crippen LogP contribution in [0.15, 0.2) is 34.5 Å². The highest BCUT2D eigenvalue weighted by molar-refractivity contribution is 7.47. The second kappa shape index (κ2) is 12.0. The number of nitrogens with one attached hydrogen (secondary N) is 2. The van der Waals surface area contributed by atoms with Crippen LogP contribution in [0, 0.1) is 0 Å². The van der Waals surface area contributed by atoms with Crippen molar-refractivity contribution in [3.63, 3.8) is 0 Å². The van der Waals surface area contributed by atoms with Crippen molar-refractivity contribution >= 4 is 44.1 Å². The maximum Gasteiger partial charge on any atom is 0.695 e. The van der Waals surface area contributed by atoms with E-state index >= 15 is 0 Å². The second-order valence-electron chi connectivity index (χ2n) is 9.92. The number of rotatable bonds is 10. The van der Waals surface area contributed by atoms with Crippen LogP contribution in [0.2, 0.25) is 0 Å². The van der Waals surface area contributed by atoms with Gasteiger partial charge in [0.1, 0.15) is 41.7 Å². The number of aromatic amines is 2. The highest BCUT2D eigenvalue weighted by Gasteiger charge is 2.53. The molecule has 2 saturated heterocycles. The topological polar surface area (TPSA) is 322 Å². The van der Waals surface area contributed by atoms with E-state index in [-0.39, 0.29) is 28.0 Å². The minimum Gasteiger partial charge on any atom is -0.397 e. The number of phosphoric acid groups is 1. The summed E-state index contributed by atoms with van der Waals surface area (Å²) in [6.45, 7) is -1.61. The molecule has 0 radical (unpaired) electrons. The average molecular weight is 675 g/mol. The Morgan fingerprint density at radius 2 is 1.73 bits per heavy atom. The SMILES string of the molecule is Nc1ccnc2c1ncn2[C@@H]1O[C@H](COP(=O)(O)O[C@@H]2[C@H](O)[C@@H](CO)O[C@H]2n2cnc3c(=O)[nH]c(=O)[nH]c32)[C@@H](O[P+](=O)O)[C@H]1O. The maximum atomic E-state index is 13.1. The standard InChI is InChI=1S/C21H24N8O14P2/c22-7-1-2-23-16-10(7)24-5-28(16)19-13(32)14(42-44(35)36)9(41-19)4-39-45(37,38)43-15-12(31)8(3-30)40-20(15)29-6-25-11-17(29)26-21(34)27-18(11)33/h1-2,5-6,8-9,12-15,19-20,30-32H,3-4H2,(H5-,22,23,26,27,33,34,35,36,37,38)/p+1/t8-,9-,12-,13-,14-,15-,19-,20-/m1/s1. The van der Waals surface area contributed by atoms with Crippen LogP contribution in [0.5, 0.6) is 0 Å². The molecule has 45 heavy (non-hydrogen) atoms. The molecule has 4 aromatic rings. The minimum absolute atomic E-state index is 0.178. The third-order valence-corrected chi connectivity index (χ3v) is 8.59. The van der Waals surface area contributed by atoms with Gasteiger partial charge in [0.25, 0.3) is 5.56 Å². The van der Waals surface area contributed by atoms with Gasteiger partial charge in [-0.2, -0.15) is 0 Å². The molecule has 2 aliphatic heterocycles. The number of phosphoric ester groups is 1. The Balaban J connectivity index is 1.23. The monoisotopic (exact) mass is 675 g/mol. The molecule has 0 bridgehead atoms. The fraction of sp³-hybridized carbons (Fsp3) is 0.476. The lowest BCUT2D eigenvalue weighted by Gasteiger charge is -2.24. The lowest BCUT2D eigenvalue weighted by Crippen LogP contribution is -2.36. The quantitative estimate of drug-likeness (QED) is 0.0804. The Hall–Kier alpha value is -3.50. The molecule has 9 N–H and O–H groups in total. The third-order valence-electron chi connectivity index (χ3n) is 7.18. The zero-order valence-electron chi connectivity index (χ0n) is 22.5. The largest absolute Gasteiger partial charge is 0.695 e. The van der Waals surface area contributed by atoms with Crippen LogP contribution < -0.4 is 17.0 Å². The highest BCUT2D eigenvalue weighted by atomic mass is 31.2. The second-order valence-corrected chi connectivity index (χ2v) is 12.0. The van der Waals surface area contributed by atoms with Crippen LogP contribution in [-0.2, 0) is 32.2 Å². The lowest BCUT2D eigenvalue weighted by atomic mass is 10.1. The fourth-order valence-electron chi connectivity index (χ4n) is 5.16. The maximum absolute atomic E-state index is 13.1. The van der Waals surface area contributed by atoms with Gasteiger partial charge in [-0.1, -0.05) is 0 Å². The summed E-state index contributed by atoms with van der Waals surface area (Å²) in [5, 5.41) is 31.3. The van der Waals surface area contributed by atoms with E-state index < -0.39 is 89.6 Å². The number of hydrogen-bond acceptors (Lipinski definition) is 16. The van der Waals surface area contributed by atoms with Gasteiger partial charge < -0.3 is 35.4 Å². The molecule has 6 rings (SSSR count). The summed E-state index contributed by atoms with van der Waals surface area (Å²) >= 11 is 0. The van der Waals surface area contributed by atoms with Crippen molar-refractivity contribution in [1.29, 1.82) is 0 Å². The van der Waals surface area contributed by atoms with E-state index in [1.165, 1.54) is 23.2 Å². The first kappa shape index (κ1) is 31.5. The molecular weight excluding hydrogens is 650 g/mol. The van der Waals surface area contributed by atoms with Gasteiger partial charge in [0, 0.05) is 10.8 Å². The van der Waals surface area contributed by atoms with Gasteiger partial charge in [-0.05, 0) is 6.07 Å². The van der Waals surface area contributed by atoms with Crippen LogP contribution >= 0.6 is 16.1 Å². The van der Waals surface area contributed by atoms with Gasteiger partial charge in [-0.25, -0.2) is 24.3 Å². The summed E-state index contributed by atoms with van der Waals surface area (Å²) < 4.78 is 53.6. The number of nitrogen functional groups attached to an aromatic ring is 1. The molecule has 6 heterocycles. The summed E-state index contributed by atoms with van der Waals surface area (Å²) in [6.07, 6.45) is -8.62. The minimum atomic E-state index is -5.19. The Morgan fingerprint density at radius 3 is 2.47 bits per heavy atom. The van der Waals surface area contributed by atoms with Crippen molar-refractivity contribution in [2.75, 3.05) is 18.9 Å². The van der Waals surface area contributed by atoms with E-state index in [2.05, 4.69) is 19.9 Å². The average Bonchev–Trinajstić information content (AvgIpc) is 3.73. The number of ether oxygens (including phenoxy) is 2. The number of pyridine rings is 1. The van der Waals surface area contributed by atoms with Gasteiger partial charge in [-0.15, -0.1) is 9.42 Å². The van der Waals surface area contributed by atoms with Gasteiger partial charge >= 0.3 is 21.8 Å². The zero-order chi connectivity index (χ0) is 32.2. The number of anilines is 1. The molecule has 242 valence electrons. The molecule has 0 aromatic carbocycles. The van der Waals surface area contributed by atoms with Crippen LogP contribution in [0.25, 0.3) is 22.3 Å². The number of H-pyrrole nitrogens is 2. The molecule has 4 aromatic heterocycles. The summed E-state index contributed by atoms with van der Waals surface area (Å²) in [6, 6.07) is 1.50. The smallest absolute Gasteiger partial charge is 0.397 e. The number of fused-ring (bicyclic) bond motifs is 2. The van der Waals surface area contributed by atoms with Crippen molar-refractivity contribution in [3.05, 3.63) is 45.8 Å². The van der Waals surface area contributed by atoms with Gasteiger partial charge in [0.15, 0.2) is 29.7 Å². The molecule has 0 amide bonds. The molecule has 0 aliphatic carbocycles.